The van der Waals surface area contributed by atoms with E-state index in [0.29, 0.717) is 18.4 Å². The Kier molecular flexibility index (Phi) is 5.12. The van der Waals surface area contributed by atoms with Crippen LogP contribution in [0.25, 0.3) is 0 Å². The number of alkyl halides is 3. The van der Waals surface area contributed by atoms with Crippen LogP contribution < -0.4 is 10.1 Å². The number of para-hydroxylation sites is 1. The highest BCUT2D eigenvalue weighted by Gasteiger charge is 2.46. The number of aliphatic carboxylic acids is 1. The van der Waals surface area contributed by atoms with E-state index in [4.69, 9.17) is 5.11 Å². The predicted octanol–water partition coefficient (Wildman–Crippen LogP) is 2.67. The van der Waals surface area contributed by atoms with E-state index < -0.39 is 18.2 Å². The smallest absolute Gasteiger partial charge is 0.481 e. The van der Waals surface area contributed by atoms with E-state index in [9.17, 15) is 22.8 Å². The van der Waals surface area contributed by atoms with Gasteiger partial charge in [-0.2, -0.15) is 0 Å². The molecule has 2 N–H and O–H groups in total. The van der Waals surface area contributed by atoms with Crippen LogP contribution in [0.4, 0.5) is 13.2 Å². The first kappa shape index (κ1) is 17.1. The molecular weight excluding hydrogens is 315 g/mol. The van der Waals surface area contributed by atoms with Crippen molar-refractivity contribution in [3.63, 3.8) is 0 Å². The Balaban J connectivity index is 1.90. The fourth-order valence-electron chi connectivity index (χ4n) is 2.42. The second kappa shape index (κ2) is 6.89. The van der Waals surface area contributed by atoms with Crippen LogP contribution in [0.15, 0.2) is 24.3 Å². The molecule has 1 amide bonds. The van der Waals surface area contributed by atoms with Crippen molar-refractivity contribution in [3.8, 4) is 5.75 Å². The lowest BCUT2D eigenvalue weighted by Gasteiger charge is -2.13. The zero-order chi connectivity index (χ0) is 17.0. The number of carbonyl (C=O) groups excluding carboxylic acids is 1. The summed E-state index contributed by atoms with van der Waals surface area (Å²) in [7, 11) is 0. The summed E-state index contributed by atoms with van der Waals surface area (Å²) in [6.45, 7) is 0.231. The molecule has 1 saturated carbocycles. The molecule has 0 saturated heterocycles. The zero-order valence-corrected chi connectivity index (χ0v) is 12.1. The van der Waals surface area contributed by atoms with Gasteiger partial charge in [-0.25, -0.2) is 0 Å². The molecule has 0 aliphatic heterocycles. The van der Waals surface area contributed by atoms with Crippen LogP contribution in [-0.4, -0.2) is 29.9 Å². The third-order valence-corrected chi connectivity index (χ3v) is 3.54. The second-order valence-electron chi connectivity index (χ2n) is 5.32. The van der Waals surface area contributed by atoms with Gasteiger partial charge in [0.15, 0.2) is 0 Å². The first-order valence-corrected chi connectivity index (χ1v) is 7.12. The van der Waals surface area contributed by atoms with Crippen LogP contribution in [0, 0.1) is 5.92 Å². The fraction of sp³-hybridized carbons (Fsp3) is 0.467. The van der Waals surface area contributed by atoms with Gasteiger partial charge >= 0.3 is 12.3 Å². The van der Waals surface area contributed by atoms with Gasteiger partial charge in [0.25, 0.3) is 0 Å². The molecule has 0 heterocycles. The maximum absolute atomic E-state index is 12.4. The first-order chi connectivity index (χ1) is 10.8. The Labute approximate surface area is 130 Å². The lowest BCUT2D eigenvalue weighted by atomic mass is 10.1. The Morgan fingerprint density at radius 3 is 2.65 bits per heavy atom. The summed E-state index contributed by atoms with van der Waals surface area (Å²) in [4.78, 5) is 22.3. The van der Waals surface area contributed by atoms with Crippen LogP contribution in [0.5, 0.6) is 5.75 Å². The molecule has 1 aromatic rings. The number of benzene rings is 1. The van der Waals surface area contributed by atoms with E-state index in [1.54, 1.807) is 6.07 Å². The number of carboxylic acid groups (broad SMARTS) is 1. The lowest BCUT2D eigenvalue weighted by Crippen LogP contribution is -2.26. The average molecular weight is 331 g/mol. The number of ether oxygens (including phenoxy) is 1. The predicted molar refractivity (Wildman–Crippen MR) is 73.9 cm³/mol. The molecule has 0 spiro atoms. The van der Waals surface area contributed by atoms with Crippen molar-refractivity contribution in [2.75, 3.05) is 6.54 Å². The van der Waals surface area contributed by atoms with Crippen LogP contribution in [-0.2, 0) is 9.59 Å². The van der Waals surface area contributed by atoms with Gasteiger partial charge in [0.1, 0.15) is 5.75 Å². The minimum absolute atomic E-state index is 0.0450. The summed E-state index contributed by atoms with van der Waals surface area (Å²) in [5, 5.41) is 11.1. The second-order valence-corrected chi connectivity index (χ2v) is 5.32. The average Bonchev–Trinajstić information content (AvgIpc) is 3.22. The lowest BCUT2D eigenvalue weighted by molar-refractivity contribution is -0.274. The number of carboxylic acids is 1. The standard InChI is InChI=1S/C15H16F3NO4/c16-15(17,18)23-12-5-2-1-4-9(12)10-8-11(10)14(22)19-7-3-6-13(20)21/h1-2,4-5,10-11H,3,6-8H2,(H,19,22)(H,20,21)/t10-,11+/m0/s1. The topological polar surface area (TPSA) is 75.6 Å². The quantitative estimate of drug-likeness (QED) is 0.753. The summed E-state index contributed by atoms with van der Waals surface area (Å²) in [6.07, 6.45) is -4.06. The van der Waals surface area contributed by atoms with Crippen molar-refractivity contribution in [1.82, 2.24) is 5.32 Å². The van der Waals surface area contributed by atoms with Gasteiger partial charge in [-0.05, 0) is 30.4 Å². The number of halogens is 3. The number of hydrogen-bond donors (Lipinski definition) is 2. The summed E-state index contributed by atoms with van der Waals surface area (Å²) < 4.78 is 41.1. The molecule has 1 aliphatic rings. The molecule has 1 aromatic carbocycles. The van der Waals surface area contributed by atoms with Gasteiger partial charge in [0.2, 0.25) is 5.91 Å². The molecule has 0 unspecified atom stereocenters. The first-order valence-electron chi connectivity index (χ1n) is 7.12. The summed E-state index contributed by atoms with van der Waals surface area (Å²) >= 11 is 0. The maximum Gasteiger partial charge on any atom is 0.573 e. The van der Waals surface area contributed by atoms with Gasteiger partial charge in [0, 0.05) is 18.9 Å². The highest BCUT2D eigenvalue weighted by Crippen LogP contribution is 2.50. The number of carbonyl (C=O) groups is 2. The molecule has 0 radical (unpaired) electrons. The van der Waals surface area contributed by atoms with E-state index in [1.807, 2.05) is 0 Å². The van der Waals surface area contributed by atoms with Crippen molar-refractivity contribution in [2.45, 2.75) is 31.5 Å². The van der Waals surface area contributed by atoms with Crippen LogP contribution in [0.2, 0.25) is 0 Å². The van der Waals surface area contributed by atoms with Gasteiger partial charge in [-0.1, -0.05) is 18.2 Å². The van der Waals surface area contributed by atoms with Gasteiger partial charge in [-0.3, -0.25) is 9.59 Å². The van der Waals surface area contributed by atoms with E-state index in [2.05, 4.69) is 10.1 Å². The Morgan fingerprint density at radius 1 is 1.30 bits per heavy atom. The minimum atomic E-state index is -4.78. The molecule has 0 bridgehead atoms. The minimum Gasteiger partial charge on any atom is -0.481 e. The molecule has 1 aliphatic carbocycles. The number of nitrogens with one attached hydrogen (secondary N) is 1. The molecule has 23 heavy (non-hydrogen) atoms. The van der Waals surface area contributed by atoms with E-state index >= 15 is 0 Å². The van der Waals surface area contributed by atoms with Crippen molar-refractivity contribution in [3.05, 3.63) is 29.8 Å². The third kappa shape index (κ3) is 5.15. The van der Waals surface area contributed by atoms with Crippen LogP contribution in [0.1, 0.15) is 30.7 Å². The van der Waals surface area contributed by atoms with E-state index in [1.165, 1.54) is 18.2 Å². The highest BCUT2D eigenvalue weighted by atomic mass is 19.4. The molecule has 8 heteroatoms. The summed E-state index contributed by atoms with van der Waals surface area (Å²) in [5.74, 6) is -2.22. The van der Waals surface area contributed by atoms with Crippen LogP contribution >= 0.6 is 0 Å². The third-order valence-electron chi connectivity index (χ3n) is 3.54. The van der Waals surface area contributed by atoms with E-state index in [0.717, 1.165) is 0 Å². The monoisotopic (exact) mass is 331 g/mol. The number of hydrogen-bond acceptors (Lipinski definition) is 3. The molecule has 0 aromatic heterocycles. The summed E-state index contributed by atoms with van der Waals surface area (Å²) in [5.41, 5.74) is 0.357. The molecule has 2 rings (SSSR count). The molecule has 5 nitrogen and oxygen atoms in total. The van der Waals surface area contributed by atoms with Crippen molar-refractivity contribution < 1.29 is 32.6 Å². The van der Waals surface area contributed by atoms with Crippen molar-refractivity contribution in [1.29, 1.82) is 0 Å². The SMILES string of the molecule is O=C(O)CCCNC(=O)[C@@H]1C[C@H]1c1ccccc1OC(F)(F)F. The van der Waals surface area contributed by atoms with Crippen LogP contribution in [0.3, 0.4) is 0 Å². The molecular formula is C15H16F3NO4. The molecule has 1 fully saturated rings. The fourth-order valence-corrected chi connectivity index (χ4v) is 2.42. The molecule has 126 valence electrons. The number of amides is 1. The Bertz CT molecular complexity index is 588. The highest BCUT2D eigenvalue weighted by molar-refractivity contribution is 5.83. The Hall–Kier alpha value is -2.25. The van der Waals surface area contributed by atoms with Gasteiger partial charge in [-0.15, -0.1) is 13.2 Å². The van der Waals surface area contributed by atoms with Crippen molar-refractivity contribution >= 4 is 11.9 Å². The molecule has 2 atom stereocenters. The maximum atomic E-state index is 12.4. The van der Waals surface area contributed by atoms with Gasteiger partial charge in [0.05, 0.1) is 0 Å². The van der Waals surface area contributed by atoms with E-state index in [-0.39, 0.29) is 30.5 Å². The summed E-state index contributed by atoms with van der Waals surface area (Å²) in [6, 6.07) is 5.78. The number of rotatable bonds is 7. The van der Waals surface area contributed by atoms with Crippen molar-refractivity contribution in [2.24, 2.45) is 5.92 Å². The zero-order valence-electron chi connectivity index (χ0n) is 12.1. The largest absolute Gasteiger partial charge is 0.573 e. The van der Waals surface area contributed by atoms with Gasteiger partial charge < -0.3 is 15.2 Å². The normalized spacial score (nSPS) is 20.0. The Morgan fingerprint density at radius 2 is 2.00 bits per heavy atom.